The minimum atomic E-state index is -3.58. The van der Waals surface area contributed by atoms with Crippen molar-refractivity contribution in [2.45, 2.75) is 54.4 Å². The number of carbonyl (C=O) groups is 1. The molecule has 0 saturated heterocycles. The zero-order chi connectivity index (χ0) is 29.6. The van der Waals surface area contributed by atoms with Crippen LogP contribution in [0.3, 0.4) is 0 Å². The summed E-state index contributed by atoms with van der Waals surface area (Å²) in [4.78, 5) is 15.7. The van der Waals surface area contributed by atoms with E-state index >= 15 is 0 Å². The molecule has 1 aliphatic heterocycles. The van der Waals surface area contributed by atoms with Gasteiger partial charge >= 0.3 is 6.03 Å². The molecule has 0 atom stereocenters. The van der Waals surface area contributed by atoms with Gasteiger partial charge in [0.15, 0.2) is 0 Å². The molecule has 11 heteroatoms. The second kappa shape index (κ2) is 10.9. The van der Waals surface area contributed by atoms with Gasteiger partial charge in [-0.2, -0.15) is 0 Å². The van der Waals surface area contributed by atoms with Crippen LogP contribution < -0.4 is 14.9 Å². The van der Waals surface area contributed by atoms with E-state index in [1.165, 1.54) is 37.6 Å². The maximum absolute atomic E-state index is 13.5. The second-order valence-electron chi connectivity index (χ2n) is 11.1. The Morgan fingerprint density at radius 3 is 2.22 bits per heavy atom. The third kappa shape index (κ3) is 5.39. The van der Waals surface area contributed by atoms with Gasteiger partial charge < -0.3 is 5.32 Å². The topological polar surface area (TPSA) is 116 Å². The van der Waals surface area contributed by atoms with Crippen molar-refractivity contribution in [1.82, 2.24) is 14.3 Å². The van der Waals surface area contributed by atoms with Crippen LogP contribution in [0.1, 0.15) is 42.4 Å². The van der Waals surface area contributed by atoms with Crippen molar-refractivity contribution in [3.63, 3.8) is 0 Å². The SMILES string of the molecule is CNS(=O)(=O)c1ccc(CNC(=O)N2CC3(CCCC3)c3cc(-c4cc(S(=O)(=O)N(C)C)ccc4C)ccc32)cc1. The number of amides is 2. The summed E-state index contributed by atoms with van der Waals surface area (Å²) >= 11 is 0. The molecule has 0 bridgehead atoms. The van der Waals surface area contributed by atoms with Crippen molar-refractivity contribution >= 4 is 31.8 Å². The fraction of sp³-hybridized carbons (Fsp3) is 0.367. The number of hydrogen-bond acceptors (Lipinski definition) is 5. The molecule has 0 aromatic heterocycles. The number of sulfonamides is 2. The number of aryl methyl sites for hydroxylation is 1. The highest BCUT2D eigenvalue weighted by Crippen LogP contribution is 2.51. The zero-order valence-corrected chi connectivity index (χ0v) is 25.4. The maximum Gasteiger partial charge on any atom is 0.322 e. The monoisotopic (exact) mass is 596 g/mol. The maximum atomic E-state index is 13.5. The van der Waals surface area contributed by atoms with Crippen molar-refractivity contribution in [3.8, 4) is 11.1 Å². The molecule has 0 radical (unpaired) electrons. The van der Waals surface area contributed by atoms with Gasteiger partial charge in [-0.3, -0.25) is 4.90 Å². The molecule has 1 fully saturated rings. The molecule has 1 aliphatic carbocycles. The van der Waals surface area contributed by atoms with E-state index in [1.54, 1.807) is 24.3 Å². The molecule has 218 valence electrons. The lowest BCUT2D eigenvalue weighted by Gasteiger charge is -2.25. The summed E-state index contributed by atoms with van der Waals surface area (Å²) in [5.41, 5.74) is 5.43. The predicted octanol–water partition coefficient (Wildman–Crippen LogP) is 4.36. The summed E-state index contributed by atoms with van der Waals surface area (Å²) < 4.78 is 53.1. The first-order valence-electron chi connectivity index (χ1n) is 13.6. The molecule has 41 heavy (non-hydrogen) atoms. The molecular weight excluding hydrogens is 560 g/mol. The lowest BCUT2D eigenvalue weighted by Crippen LogP contribution is -2.41. The fourth-order valence-electron chi connectivity index (χ4n) is 5.96. The van der Waals surface area contributed by atoms with Crippen LogP contribution in [0.2, 0.25) is 0 Å². The zero-order valence-electron chi connectivity index (χ0n) is 23.8. The Bertz CT molecular complexity index is 1700. The van der Waals surface area contributed by atoms with E-state index in [2.05, 4.69) is 16.1 Å². The summed E-state index contributed by atoms with van der Waals surface area (Å²) in [6, 6.07) is 17.5. The van der Waals surface area contributed by atoms with E-state index in [0.717, 1.165) is 59.2 Å². The van der Waals surface area contributed by atoms with Gasteiger partial charge in [0.05, 0.1) is 9.79 Å². The minimum absolute atomic E-state index is 0.132. The number of hydrogen-bond donors (Lipinski definition) is 2. The Kier molecular flexibility index (Phi) is 7.75. The molecule has 3 aromatic rings. The smallest absolute Gasteiger partial charge is 0.322 e. The number of anilines is 1. The number of rotatable bonds is 7. The van der Waals surface area contributed by atoms with Gasteiger partial charge in [0, 0.05) is 38.3 Å². The van der Waals surface area contributed by atoms with Gasteiger partial charge in [-0.05, 0) is 91.0 Å². The minimum Gasteiger partial charge on any atom is -0.334 e. The van der Waals surface area contributed by atoms with Gasteiger partial charge in [-0.15, -0.1) is 0 Å². The van der Waals surface area contributed by atoms with Gasteiger partial charge in [-0.25, -0.2) is 30.7 Å². The first kappa shape index (κ1) is 29.2. The summed E-state index contributed by atoms with van der Waals surface area (Å²) in [6.45, 7) is 2.83. The Morgan fingerprint density at radius 2 is 1.59 bits per heavy atom. The van der Waals surface area contributed by atoms with Crippen LogP contribution in [0.4, 0.5) is 10.5 Å². The van der Waals surface area contributed by atoms with Crippen LogP contribution in [0.15, 0.2) is 70.5 Å². The molecular formula is C30H36N4O5S2. The molecule has 2 N–H and O–H groups in total. The van der Waals surface area contributed by atoms with Crippen LogP contribution >= 0.6 is 0 Å². The molecule has 3 aromatic carbocycles. The van der Waals surface area contributed by atoms with Crippen LogP contribution in [0, 0.1) is 6.92 Å². The van der Waals surface area contributed by atoms with E-state index < -0.39 is 20.0 Å². The van der Waals surface area contributed by atoms with Crippen molar-refractivity contribution in [1.29, 1.82) is 0 Å². The molecule has 9 nitrogen and oxygen atoms in total. The summed E-state index contributed by atoms with van der Waals surface area (Å²) in [7, 11) is -2.69. The van der Waals surface area contributed by atoms with Crippen LogP contribution in [0.5, 0.6) is 0 Å². The highest BCUT2D eigenvalue weighted by Gasteiger charge is 2.46. The molecule has 1 spiro atoms. The Morgan fingerprint density at radius 1 is 0.927 bits per heavy atom. The van der Waals surface area contributed by atoms with Crippen molar-refractivity contribution < 1.29 is 21.6 Å². The van der Waals surface area contributed by atoms with E-state index in [1.807, 2.05) is 30.0 Å². The van der Waals surface area contributed by atoms with E-state index in [0.29, 0.717) is 6.54 Å². The average molecular weight is 597 g/mol. The quantitative estimate of drug-likeness (QED) is 0.421. The van der Waals surface area contributed by atoms with Crippen LogP contribution in [-0.2, 0) is 32.0 Å². The normalized spacial score (nSPS) is 16.4. The standard InChI is InChI=1S/C30H36N4O5S2/c1-21-7-11-25(41(38,39)33(3)4)18-26(21)23-10-14-28-27(17-23)30(15-5-6-16-30)20-34(28)29(35)32-19-22-8-12-24(13-9-22)40(36,37)31-2/h7-14,17-18,31H,5-6,15-16,19-20H2,1-4H3,(H,32,35). The van der Waals surface area contributed by atoms with Gasteiger partial charge in [0.2, 0.25) is 20.0 Å². The third-order valence-corrected chi connectivity index (χ3v) is 11.6. The van der Waals surface area contributed by atoms with Crippen molar-refractivity contribution in [3.05, 3.63) is 77.4 Å². The summed E-state index contributed by atoms with van der Waals surface area (Å²) in [5.74, 6) is 0. The lowest BCUT2D eigenvalue weighted by molar-refractivity contribution is 0.245. The van der Waals surface area contributed by atoms with Crippen LogP contribution in [0.25, 0.3) is 11.1 Å². The number of benzene rings is 3. The summed E-state index contributed by atoms with van der Waals surface area (Å²) in [5, 5.41) is 3.00. The highest BCUT2D eigenvalue weighted by atomic mass is 32.2. The van der Waals surface area contributed by atoms with E-state index in [-0.39, 0.29) is 27.8 Å². The Balaban J connectivity index is 1.43. The fourth-order valence-corrected chi connectivity index (χ4v) is 7.62. The molecule has 1 saturated carbocycles. The van der Waals surface area contributed by atoms with Gasteiger partial charge in [0.25, 0.3) is 0 Å². The van der Waals surface area contributed by atoms with Gasteiger partial charge in [0.1, 0.15) is 0 Å². The van der Waals surface area contributed by atoms with Crippen LogP contribution in [-0.4, -0.2) is 54.9 Å². The van der Waals surface area contributed by atoms with Crippen molar-refractivity contribution in [2.75, 3.05) is 32.6 Å². The average Bonchev–Trinajstić information content (AvgIpc) is 3.57. The molecule has 5 rings (SSSR count). The number of urea groups is 1. The van der Waals surface area contributed by atoms with Crippen molar-refractivity contribution in [2.24, 2.45) is 0 Å². The van der Waals surface area contributed by atoms with E-state index in [4.69, 9.17) is 0 Å². The third-order valence-electron chi connectivity index (χ3n) is 8.37. The number of nitrogens with one attached hydrogen (secondary N) is 2. The lowest BCUT2D eigenvalue weighted by atomic mass is 9.80. The van der Waals surface area contributed by atoms with Gasteiger partial charge in [-0.1, -0.05) is 37.1 Å². The highest BCUT2D eigenvalue weighted by molar-refractivity contribution is 7.89. The summed E-state index contributed by atoms with van der Waals surface area (Å²) in [6.07, 6.45) is 4.17. The Labute approximate surface area is 242 Å². The second-order valence-corrected chi connectivity index (χ2v) is 15.1. The predicted molar refractivity (Wildman–Crippen MR) is 160 cm³/mol. The first-order chi connectivity index (χ1) is 19.4. The molecule has 1 heterocycles. The first-order valence-corrected chi connectivity index (χ1v) is 16.6. The van der Waals surface area contributed by atoms with E-state index in [9.17, 15) is 21.6 Å². The number of nitrogens with zero attached hydrogens (tertiary/aromatic N) is 2. The number of fused-ring (bicyclic) bond motifs is 2. The largest absolute Gasteiger partial charge is 0.334 e. The molecule has 0 unspecified atom stereocenters. The molecule has 2 amide bonds. The molecule has 2 aliphatic rings. The Hall–Kier alpha value is -3.25. The number of carbonyl (C=O) groups excluding carboxylic acids is 1.